The van der Waals surface area contributed by atoms with E-state index in [0.717, 1.165) is 42.8 Å². The third kappa shape index (κ3) is 4.68. The topological polar surface area (TPSA) is 18.8 Å². The van der Waals surface area contributed by atoms with Gasteiger partial charge >= 0.3 is 0 Å². The fourth-order valence-electron chi connectivity index (χ4n) is 2.97. The first-order valence-corrected chi connectivity index (χ1v) is 9.22. The lowest BCUT2D eigenvalue weighted by Crippen LogP contribution is -2.43. The minimum Gasteiger partial charge on any atom is -0.295 e. The van der Waals surface area contributed by atoms with Crippen molar-refractivity contribution < 1.29 is 0 Å². The molecule has 0 saturated carbocycles. The Balaban J connectivity index is 1.51. The number of benzene rings is 2. The average molecular weight is 386 g/mol. The molecule has 0 aliphatic carbocycles. The molecule has 3 rings (SSSR count). The molecule has 0 unspecified atom stereocenters. The van der Waals surface area contributed by atoms with Gasteiger partial charge in [0.05, 0.1) is 6.21 Å². The zero-order chi connectivity index (χ0) is 16.9. The van der Waals surface area contributed by atoms with Gasteiger partial charge in [-0.15, -0.1) is 0 Å². The molecule has 2 aromatic carbocycles. The maximum absolute atomic E-state index is 4.62. The van der Waals surface area contributed by atoms with Crippen LogP contribution >= 0.6 is 15.9 Å². The zero-order valence-corrected chi connectivity index (χ0v) is 16.0. The van der Waals surface area contributed by atoms with Crippen LogP contribution in [0.2, 0.25) is 0 Å². The molecule has 1 heterocycles. The SMILES string of the molecule is Cc1ccc(CN2CCN(/N=C\c3ccc(Br)cc3)CC2)c(C)c1. The van der Waals surface area contributed by atoms with E-state index in [4.69, 9.17) is 0 Å². The maximum atomic E-state index is 4.62. The van der Waals surface area contributed by atoms with Gasteiger partial charge in [0.2, 0.25) is 0 Å². The largest absolute Gasteiger partial charge is 0.295 e. The Labute approximate surface area is 153 Å². The van der Waals surface area contributed by atoms with Crippen molar-refractivity contribution in [1.29, 1.82) is 0 Å². The number of hydrogen-bond donors (Lipinski definition) is 0. The molecular weight excluding hydrogens is 362 g/mol. The molecule has 1 fully saturated rings. The van der Waals surface area contributed by atoms with Crippen molar-refractivity contribution in [3.05, 3.63) is 69.2 Å². The molecule has 0 N–H and O–H groups in total. The highest BCUT2D eigenvalue weighted by atomic mass is 79.9. The van der Waals surface area contributed by atoms with E-state index in [-0.39, 0.29) is 0 Å². The first kappa shape index (κ1) is 17.2. The quantitative estimate of drug-likeness (QED) is 0.733. The highest BCUT2D eigenvalue weighted by molar-refractivity contribution is 9.10. The molecule has 0 spiro atoms. The summed E-state index contributed by atoms with van der Waals surface area (Å²) in [5.74, 6) is 0. The lowest BCUT2D eigenvalue weighted by molar-refractivity contribution is 0.131. The number of hydrazone groups is 1. The average Bonchev–Trinajstić information content (AvgIpc) is 2.58. The third-order valence-electron chi connectivity index (χ3n) is 4.48. The highest BCUT2D eigenvalue weighted by Crippen LogP contribution is 2.15. The number of halogens is 1. The Bertz CT molecular complexity index is 701. The van der Waals surface area contributed by atoms with Gasteiger partial charge in [0.15, 0.2) is 0 Å². The molecule has 1 saturated heterocycles. The van der Waals surface area contributed by atoms with Crippen molar-refractivity contribution >= 4 is 22.1 Å². The second-order valence-corrected chi connectivity index (χ2v) is 7.37. The molecule has 2 aromatic rings. The molecule has 24 heavy (non-hydrogen) atoms. The number of aryl methyl sites for hydroxylation is 2. The van der Waals surface area contributed by atoms with Crippen LogP contribution in [-0.4, -0.2) is 42.3 Å². The lowest BCUT2D eigenvalue weighted by atomic mass is 10.1. The summed E-state index contributed by atoms with van der Waals surface area (Å²) in [5.41, 5.74) is 5.30. The van der Waals surface area contributed by atoms with E-state index in [9.17, 15) is 0 Å². The second kappa shape index (κ2) is 7.95. The van der Waals surface area contributed by atoms with Crippen LogP contribution in [0.25, 0.3) is 0 Å². The van der Waals surface area contributed by atoms with Crippen LogP contribution in [0.1, 0.15) is 22.3 Å². The second-order valence-electron chi connectivity index (χ2n) is 6.46. The first-order valence-electron chi connectivity index (χ1n) is 8.43. The normalized spacial score (nSPS) is 16.0. The molecule has 4 heteroatoms. The Hall–Kier alpha value is -1.65. The smallest absolute Gasteiger partial charge is 0.0542 e. The molecule has 0 atom stereocenters. The van der Waals surface area contributed by atoms with E-state index in [2.05, 4.69) is 75.1 Å². The van der Waals surface area contributed by atoms with Crippen molar-refractivity contribution in [3.63, 3.8) is 0 Å². The van der Waals surface area contributed by atoms with Crippen LogP contribution in [-0.2, 0) is 6.54 Å². The lowest BCUT2D eigenvalue weighted by Gasteiger charge is -2.33. The summed E-state index contributed by atoms with van der Waals surface area (Å²) >= 11 is 3.46. The third-order valence-corrected chi connectivity index (χ3v) is 5.01. The van der Waals surface area contributed by atoms with Gasteiger partial charge in [-0.25, -0.2) is 0 Å². The number of hydrogen-bond acceptors (Lipinski definition) is 3. The van der Waals surface area contributed by atoms with E-state index >= 15 is 0 Å². The minimum atomic E-state index is 0.984. The summed E-state index contributed by atoms with van der Waals surface area (Å²) in [6, 6.07) is 15.0. The van der Waals surface area contributed by atoms with Crippen LogP contribution in [0.3, 0.4) is 0 Å². The van der Waals surface area contributed by atoms with Gasteiger partial charge in [0.1, 0.15) is 0 Å². The number of piperazine rings is 1. The number of nitrogens with zero attached hydrogens (tertiary/aromatic N) is 3. The molecular formula is C20H24BrN3. The van der Waals surface area contributed by atoms with Crippen LogP contribution in [0.15, 0.2) is 52.0 Å². The van der Waals surface area contributed by atoms with Gasteiger partial charge in [-0.2, -0.15) is 5.10 Å². The maximum Gasteiger partial charge on any atom is 0.0542 e. The Morgan fingerprint density at radius 1 is 1.00 bits per heavy atom. The Morgan fingerprint density at radius 2 is 1.71 bits per heavy atom. The predicted molar refractivity (Wildman–Crippen MR) is 105 cm³/mol. The molecule has 0 aromatic heterocycles. The summed E-state index contributed by atoms with van der Waals surface area (Å²) in [5, 5.41) is 6.79. The minimum absolute atomic E-state index is 0.984. The zero-order valence-electron chi connectivity index (χ0n) is 14.4. The van der Waals surface area contributed by atoms with Crippen molar-refractivity contribution in [1.82, 2.24) is 9.91 Å². The molecule has 126 valence electrons. The molecule has 0 bridgehead atoms. The van der Waals surface area contributed by atoms with E-state index in [1.54, 1.807) is 0 Å². The molecule has 3 nitrogen and oxygen atoms in total. The van der Waals surface area contributed by atoms with Crippen LogP contribution in [0.5, 0.6) is 0 Å². The van der Waals surface area contributed by atoms with E-state index in [0.29, 0.717) is 0 Å². The van der Waals surface area contributed by atoms with Gasteiger partial charge in [-0.05, 0) is 42.7 Å². The van der Waals surface area contributed by atoms with Crippen molar-refractivity contribution in [2.75, 3.05) is 26.2 Å². The summed E-state index contributed by atoms with van der Waals surface area (Å²) in [4.78, 5) is 2.52. The van der Waals surface area contributed by atoms with Crippen molar-refractivity contribution in [2.45, 2.75) is 20.4 Å². The predicted octanol–water partition coefficient (Wildman–Crippen LogP) is 4.22. The van der Waals surface area contributed by atoms with Crippen LogP contribution in [0, 0.1) is 13.8 Å². The summed E-state index contributed by atoms with van der Waals surface area (Å²) in [6.07, 6.45) is 1.95. The fraction of sp³-hybridized carbons (Fsp3) is 0.350. The number of rotatable bonds is 4. The molecule has 1 aliphatic heterocycles. The monoisotopic (exact) mass is 385 g/mol. The molecule has 0 radical (unpaired) electrons. The fourth-order valence-corrected chi connectivity index (χ4v) is 3.24. The van der Waals surface area contributed by atoms with Crippen LogP contribution in [0.4, 0.5) is 0 Å². The van der Waals surface area contributed by atoms with Gasteiger partial charge in [0.25, 0.3) is 0 Å². The van der Waals surface area contributed by atoms with Crippen molar-refractivity contribution in [3.8, 4) is 0 Å². The van der Waals surface area contributed by atoms with Gasteiger partial charge in [-0.1, -0.05) is 51.8 Å². The summed E-state index contributed by atoms with van der Waals surface area (Å²) in [7, 11) is 0. The Morgan fingerprint density at radius 3 is 2.38 bits per heavy atom. The summed E-state index contributed by atoms with van der Waals surface area (Å²) in [6.45, 7) is 9.49. The summed E-state index contributed by atoms with van der Waals surface area (Å²) < 4.78 is 1.10. The molecule has 1 aliphatic rings. The van der Waals surface area contributed by atoms with Gasteiger partial charge < -0.3 is 0 Å². The molecule has 0 amide bonds. The van der Waals surface area contributed by atoms with Gasteiger partial charge in [0, 0.05) is 37.2 Å². The standard InChI is InChI=1S/C20H24BrN3/c1-16-3-6-19(17(2)13-16)15-23-9-11-24(12-10-23)22-14-18-4-7-20(21)8-5-18/h3-8,13-14H,9-12,15H2,1-2H3/b22-14-. The van der Waals surface area contributed by atoms with Gasteiger partial charge in [-0.3, -0.25) is 9.91 Å². The highest BCUT2D eigenvalue weighted by Gasteiger charge is 2.16. The first-order chi connectivity index (χ1) is 11.6. The van der Waals surface area contributed by atoms with Crippen molar-refractivity contribution in [2.24, 2.45) is 5.10 Å². The van der Waals surface area contributed by atoms with E-state index < -0.39 is 0 Å². The van der Waals surface area contributed by atoms with E-state index in [1.807, 2.05) is 18.3 Å². The van der Waals surface area contributed by atoms with E-state index in [1.165, 1.54) is 16.7 Å². The Kier molecular flexibility index (Phi) is 5.69. The van der Waals surface area contributed by atoms with Crippen LogP contribution < -0.4 is 0 Å².